The molecule has 4 heterocycles. The second kappa shape index (κ2) is 17.5. The summed E-state index contributed by atoms with van der Waals surface area (Å²) in [6, 6.07) is 14.0. The first-order valence-electron chi connectivity index (χ1n) is 19.9. The third-order valence-electron chi connectivity index (χ3n) is 11.9. The van der Waals surface area contributed by atoms with Crippen molar-refractivity contribution in [2.75, 3.05) is 15.5 Å². The zero-order valence-corrected chi connectivity index (χ0v) is 36.6. The van der Waals surface area contributed by atoms with Gasteiger partial charge in [-0.2, -0.15) is 4.98 Å². The Labute approximate surface area is 354 Å². The average molecular weight is 899 g/mol. The topological polar surface area (TPSA) is 145 Å². The minimum atomic E-state index is -0.410. The molecule has 1 aliphatic heterocycles. The van der Waals surface area contributed by atoms with Crippen molar-refractivity contribution in [3.05, 3.63) is 110 Å². The van der Waals surface area contributed by atoms with Crippen molar-refractivity contribution in [3.63, 3.8) is 0 Å². The van der Waals surface area contributed by atoms with Crippen LogP contribution in [0.2, 0.25) is 10.0 Å². The van der Waals surface area contributed by atoms with Crippen LogP contribution >= 0.6 is 39.1 Å². The van der Waals surface area contributed by atoms with E-state index in [0.29, 0.717) is 56.8 Å². The van der Waals surface area contributed by atoms with E-state index in [1.54, 1.807) is 36.9 Å². The lowest BCUT2D eigenvalue weighted by Crippen LogP contribution is -2.52. The number of nitrogens with zero attached hydrogens (tertiary/aromatic N) is 7. The van der Waals surface area contributed by atoms with Crippen LogP contribution in [0, 0.1) is 5.92 Å². The van der Waals surface area contributed by atoms with Gasteiger partial charge in [-0.3, -0.25) is 37.7 Å². The average Bonchev–Trinajstić information content (AvgIpc) is 3.76. The van der Waals surface area contributed by atoms with Gasteiger partial charge >= 0.3 is 11.4 Å². The van der Waals surface area contributed by atoms with E-state index in [-0.39, 0.29) is 30.1 Å². The highest BCUT2D eigenvalue weighted by atomic mass is 79.9. The Balaban J connectivity index is 0.000000177. The van der Waals surface area contributed by atoms with Gasteiger partial charge in [0.2, 0.25) is 5.95 Å². The van der Waals surface area contributed by atoms with Gasteiger partial charge in [0.15, 0.2) is 17.5 Å². The molecule has 0 saturated heterocycles. The molecule has 2 aromatic carbocycles. The van der Waals surface area contributed by atoms with E-state index in [0.717, 1.165) is 59.0 Å². The first kappa shape index (κ1) is 41.8. The number of aromatic nitrogens is 6. The summed E-state index contributed by atoms with van der Waals surface area (Å²) in [5, 5.41) is 11.6. The molecule has 0 bridgehead atoms. The minimum absolute atomic E-state index is 0.240. The number of imidazole rings is 1. The zero-order chi connectivity index (χ0) is 41.4. The Hall–Kier alpha value is -4.31. The van der Waals surface area contributed by atoms with Crippen LogP contribution in [-0.2, 0) is 41.3 Å². The van der Waals surface area contributed by atoms with Gasteiger partial charge in [-0.25, -0.2) is 9.59 Å². The molecule has 2 fully saturated rings. The molecule has 14 nitrogen and oxygen atoms in total. The molecule has 1 atom stereocenters. The smallest absolute Gasteiger partial charge is 0.332 e. The summed E-state index contributed by atoms with van der Waals surface area (Å²) in [6.07, 6.45) is 10.1. The maximum absolute atomic E-state index is 13.0. The van der Waals surface area contributed by atoms with Crippen LogP contribution in [-0.4, -0.2) is 46.2 Å². The van der Waals surface area contributed by atoms with Gasteiger partial charge in [0.25, 0.3) is 11.1 Å². The summed E-state index contributed by atoms with van der Waals surface area (Å²) in [6.45, 7) is 3.13. The summed E-state index contributed by atoms with van der Waals surface area (Å²) in [4.78, 5) is 57.5. The standard InChI is InChI=1S/C21H28BrN5O2.C20H23Cl2N5O2/c1-13-8-10-15(11-9-13)23-20-24-18-17(19(28)26(3)21(29)25(18)2)27(20)12-14-6-4-5-7-16(14)22;1-25-17-16(18(28)26(2)20(25)29)27(11-13-14(21)9-6-10-15(13)22)19(24-17)23-12-7-4-3-5-8-12/h4-7,13,15,20,23-24H,8-12H2,1-3H3;6,9-10,12H,3-5,7-8,11H2,1-2H3,(H,23,24). The number of nitrogens with one attached hydrogen (secondary N) is 3. The molecule has 2 saturated carbocycles. The first-order valence-corrected chi connectivity index (χ1v) is 21.5. The summed E-state index contributed by atoms with van der Waals surface area (Å²) in [5.74, 6) is 1.90. The van der Waals surface area contributed by atoms with Crippen LogP contribution in [0.4, 0.5) is 17.5 Å². The van der Waals surface area contributed by atoms with Crippen LogP contribution in [0.5, 0.6) is 0 Å². The fourth-order valence-electron chi connectivity index (χ4n) is 8.33. The fourth-order valence-corrected chi connectivity index (χ4v) is 9.26. The maximum Gasteiger partial charge on any atom is 0.332 e. The van der Waals surface area contributed by atoms with E-state index in [1.807, 2.05) is 24.3 Å². The highest BCUT2D eigenvalue weighted by Crippen LogP contribution is 2.34. The van der Waals surface area contributed by atoms with Crippen LogP contribution < -0.4 is 43.3 Å². The lowest BCUT2D eigenvalue weighted by molar-refractivity contribution is 0.291. The molecule has 0 radical (unpaired) electrons. The number of fused-ring (bicyclic) bond motifs is 2. The van der Waals surface area contributed by atoms with Gasteiger partial charge in [-0.05, 0) is 68.2 Å². The molecule has 8 rings (SSSR count). The van der Waals surface area contributed by atoms with Crippen molar-refractivity contribution in [1.82, 2.24) is 33.1 Å². The molecule has 3 N–H and O–H groups in total. The van der Waals surface area contributed by atoms with Gasteiger partial charge in [0.05, 0.1) is 6.54 Å². The predicted molar refractivity (Wildman–Crippen MR) is 235 cm³/mol. The van der Waals surface area contributed by atoms with Gasteiger partial charge < -0.3 is 15.5 Å². The molecule has 310 valence electrons. The van der Waals surface area contributed by atoms with Crippen molar-refractivity contribution >= 4 is 67.7 Å². The summed E-state index contributed by atoms with van der Waals surface area (Å²) < 4.78 is 7.98. The molecular weight excluding hydrogens is 847 g/mol. The molecule has 58 heavy (non-hydrogen) atoms. The molecule has 17 heteroatoms. The summed E-state index contributed by atoms with van der Waals surface area (Å²) >= 11 is 16.4. The zero-order valence-electron chi connectivity index (χ0n) is 33.5. The Morgan fingerprint density at radius 3 is 2.07 bits per heavy atom. The van der Waals surface area contributed by atoms with Gasteiger partial charge in [0.1, 0.15) is 11.5 Å². The van der Waals surface area contributed by atoms with Crippen LogP contribution in [0.25, 0.3) is 11.2 Å². The number of hydrogen-bond donors (Lipinski definition) is 3. The number of aryl methyl sites for hydroxylation is 1. The molecule has 0 spiro atoms. The second-order valence-corrected chi connectivity index (χ2v) is 17.5. The van der Waals surface area contributed by atoms with Crippen LogP contribution in [0.1, 0.15) is 75.8 Å². The van der Waals surface area contributed by atoms with E-state index in [4.69, 9.17) is 23.2 Å². The Bertz CT molecular complexity index is 2550. The molecule has 2 aliphatic carbocycles. The van der Waals surface area contributed by atoms with Crippen molar-refractivity contribution in [2.45, 2.75) is 96.2 Å². The van der Waals surface area contributed by atoms with Gasteiger partial charge in [-0.15, -0.1) is 0 Å². The lowest BCUT2D eigenvalue weighted by Gasteiger charge is -2.34. The lowest BCUT2D eigenvalue weighted by atomic mass is 9.87. The molecule has 0 amide bonds. The largest absolute Gasteiger partial charge is 0.353 e. The Kier molecular flexibility index (Phi) is 12.6. The Morgan fingerprint density at radius 1 is 0.759 bits per heavy atom. The van der Waals surface area contributed by atoms with E-state index in [1.165, 1.54) is 47.1 Å². The van der Waals surface area contributed by atoms with Gasteiger partial charge in [0, 0.05) is 66.9 Å². The van der Waals surface area contributed by atoms with Crippen LogP contribution in [0.15, 0.2) is 66.1 Å². The fraction of sp³-hybridized carbons (Fsp3) is 0.488. The third kappa shape index (κ3) is 8.27. The van der Waals surface area contributed by atoms with Crippen LogP contribution in [0.3, 0.4) is 0 Å². The first-order chi connectivity index (χ1) is 27.7. The number of rotatable bonds is 8. The SMILES string of the molecule is CC1CCC(NC2Nc3c(c(=O)n(C)c(=O)n3C)N2Cc2ccccc2Br)CC1.Cn1c(=O)c2c(nc(NC3CCCCC3)n2Cc2c(Cl)cccc2Cl)n(C)c1=O. The summed E-state index contributed by atoms with van der Waals surface area (Å²) in [5.41, 5.74) is 1.62. The maximum atomic E-state index is 13.0. The van der Waals surface area contributed by atoms with Crippen molar-refractivity contribution in [1.29, 1.82) is 0 Å². The minimum Gasteiger partial charge on any atom is -0.353 e. The second-order valence-electron chi connectivity index (χ2n) is 15.9. The molecule has 3 aliphatic rings. The number of anilines is 3. The van der Waals surface area contributed by atoms with E-state index >= 15 is 0 Å². The number of halogens is 3. The monoisotopic (exact) mass is 896 g/mol. The third-order valence-corrected chi connectivity index (χ3v) is 13.4. The summed E-state index contributed by atoms with van der Waals surface area (Å²) in [7, 11) is 6.33. The molecular formula is C41H51BrCl2N10O4. The van der Waals surface area contributed by atoms with E-state index in [9.17, 15) is 19.2 Å². The van der Waals surface area contributed by atoms with E-state index < -0.39 is 11.2 Å². The number of hydrogen-bond acceptors (Lipinski definition) is 9. The number of benzene rings is 2. The van der Waals surface area contributed by atoms with Gasteiger partial charge in [-0.1, -0.05) is 89.6 Å². The van der Waals surface area contributed by atoms with E-state index in [2.05, 4.69) is 48.7 Å². The molecule has 3 aromatic heterocycles. The van der Waals surface area contributed by atoms with Crippen molar-refractivity contribution in [3.8, 4) is 0 Å². The molecule has 5 aromatic rings. The highest BCUT2D eigenvalue weighted by Gasteiger charge is 2.36. The molecule has 1 unspecified atom stereocenters. The van der Waals surface area contributed by atoms with Crippen molar-refractivity contribution in [2.24, 2.45) is 34.1 Å². The predicted octanol–water partition coefficient (Wildman–Crippen LogP) is 6.26. The van der Waals surface area contributed by atoms with Crippen molar-refractivity contribution < 1.29 is 0 Å². The highest BCUT2D eigenvalue weighted by molar-refractivity contribution is 9.10. The normalized spacial score (nSPS) is 19.4. The quantitative estimate of drug-likeness (QED) is 0.164. The Morgan fingerprint density at radius 2 is 1.40 bits per heavy atom.